The Balaban J connectivity index is 3.25. The number of amides is 1. The number of nitrogens with zero attached hydrogens (tertiary/aromatic N) is 2. The summed E-state index contributed by atoms with van der Waals surface area (Å²) >= 11 is 5.74. The van der Waals surface area contributed by atoms with Crippen molar-refractivity contribution in [3.8, 4) is 0 Å². The van der Waals surface area contributed by atoms with Gasteiger partial charge in [-0.3, -0.25) is 4.79 Å². The van der Waals surface area contributed by atoms with Crippen LogP contribution in [0.2, 0.25) is 0 Å². The van der Waals surface area contributed by atoms with Gasteiger partial charge in [-0.1, -0.05) is 11.6 Å². The molecule has 6 nitrogen and oxygen atoms in total. The summed E-state index contributed by atoms with van der Waals surface area (Å²) in [7, 11) is -1.18. The van der Waals surface area contributed by atoms with Gasteiger partial charge in [-0.15, -0.1) is 4.40 Å². The van der Waals surface area contributed by atoms with Crippen LogP contribution < -0.4 is 0 Å². The molecule has 1 aliphatic rings. The van der Waals surface area contributed by atoms with Crippen LogP contribution in [-0.4, -0.2) is 45.8 Å². The van der Waals surface area contributed by atoms with Gasteiger partial charge in [0.05, 0.1) is 6.61 Å². The van der Waals surface area contributed by atoms with Gasteiger partial charge in [-0.05, 0) is 6.92 Å². The smallest absolute Gasteiger partial charge is 0.292 e. The third kappa shape index (κ3) is 2.19. The lowest BCUT2D eigenvalue weighted by Crippen LogP contribution is -2.26. The van der Waals surface area contributed by atoms with Crippen molar-refractivity contribution in [3.05, 3.63) is 9.94 Å². The van der Waals surface area contributed by atoms with Crippen LogP contribution in [0.15, 0.2) is 14.3 Å². The van der Waals surface area contributed by atoms with E-state index in [1.165, 1.54) is 14.1 Å². The first-order chi connectivity index (χ1) is 7.31. The van der Waals surface area contributed by atoms with Crippen molar-refractivity contribution in [3.63, 3.8) is 0 Å². The van der Waals surface area contributed by atoms with E-state index in [4.69, 9.17) is 16.3 Å². The van der Waals surface area contributed by atoms with Crippen LogP contribution in [0.5, 0.6) is 0 Å². The Labute approximate surface area is 98.6 Å². The minimum absolute atomic E-state index is 0.216. The molecule has 0 unspecified atom stereocenters. The van der Waals surface area contributed by atoms with E-state index in [-0.39, 0.29) is 17.5 Å². The Hall–Kier alpha value is -1.08. The van der Waals surface area contributed by atoms with E-state index in [0.29, 0.717) is 0 Å². The molecule has 0 saturated carbocycles. The van der Waals surface area contributed by atoms with Crippen molar-refractivity contribution < 1.29 is 17.9 Å². The molecule has 0 radical (unpaired) electrons. The lowest BCUT2D eigenvalue weighted by molar-refractivity contribution is -0.124. The summed E-state index contributed by atoms with van der Waals surface area (Å²) in [6, 6.07) is 0. The van der Waals surface area contributed by atoms with Crippen molar-refractivity contribution in [2.45, 2.75) is 6.92 Å². The quantitative estimate of drug-likeness (QED) is 0.720. The number of ether oxygens (including phenoxy) is 1. The number of carbonyl (C=O) groups is 1. The zero-order chi connectivity index (χ0) is 12.5. The van der Waals surface area contributed by atoms with Crippen molar-refractivity contribution in [2.75, 3.05) is 20.7 Å². The average Bonchev–Trinajstić information content (AvgIpc) is 2.36. The van der Waals surface area contributed by atoms with Gasteiger partial charge in [0.15, 0.2) is 4.91 Å². The van der Waals surface area contributed by atoms with E-state index in [2.05, 4.69) is 4.40 Å². The molecule has 1 rings (SSSR count). The topological polar surface area (TPSA) is 76.0 Å². The fourth-order valence-corrected chi connectivity index (χ4v) is 2.73. The molecule has 0 aromatic heterocycles. The third-order valence-electron chi connectivity index (χ3n) is 1.73. The molecular weight excluding hydrogens is 256 g/mol. The van der Waals surface area contributed by atoms with Gasteiger partial charge in [0.2, 0.25) is 5.90 Å². The number of sulfonamides is 1. The molecule has 0 aromatic rings. The summed E-state index contributed by atoms with van der Waals surface area (Å²) in [5.74, 6) is -0.946. The molecule has 16 heavy (non-hydrogen) atoms. The average molecular weight is 267 g/mol. The standard InChI is InChI=1S/C8H11ClN2O4S/c1-4-15-7-5(9)6(8(12)11(2)3)16(13,14)10-7/h4H2,1-3H3. The van der Waals surface area contributed by atoms with Gasteiger partial charge in [-0.25, -0.2) is 0 Å². The number of carbonyl (C=O) groups excluding carboxylic acids is 1. The second kappa shape index (κ2) is 4.42. The highest BCUT2D eigenvalue weighted by molar-refractivity contribution is 7.95. The van der Waals surface area contributed by atoms with Crippen LogP contribution in [0.1, 0.15) is 6.92 Å². The molecule has 0 saturated heterocycles. The number of halogens is 1. The van der Waals surface area contributed by atoms with Crippen LogP contribution in [0.3, 0.4) is 0 Å². The SMILES string of the molecule is CCOC1=NS(=O)(=O)C(C(=O)N(C)C)=C1Cl. The summed E-state index contributed by atoms with van der Waals surface area (Å²) in [6.45, 7) is 1.87. The van der Waals surface area contributed by atoms with E-state index in [1.807, 2.05) is 0 Å². The Bertz CT molecular complexity index is 478. The van der Waals surface area contributed by atoms with Gasteiger partial charge in [-0.2, -0.15) is 8.42 Å². The van der Waals surface area contributed by atoms with Gasteiger partial charge in [0.1, 0.15) is 5.03 Å². The molecule has 0 aliphatic carbocycles. The fraction of sp³-hybridized carbons (Fsp3) is 0.500. The summed E-state index contributed by atoms with van der Waals surface area (Å²) in [5.41, 5.74) is 0. The molecule has 0 atom stereocenters. The molecule has 0 aromatic carbocycles. The van der Waals surface area contributed by atoms with Gasteiger partial charge in [0.25, 0.3) is 15.9 Å². The highest BCUT2D eigenvalue weighted by Crippen LogP contribution is 2.28. The second-order valence-electron chi connectivity index (χ2n) is 3.15. The van der Waals surface area contributed by atoms with Crippen LogP contribution in [0.4, 0.5) is 0 Å². The van der Waals surface area contributed by atoms with Crippen molar-refractivity contribution in [1.82, 2.24) is 4.90 Å². The number of rotatable bonds is 2. The summed E-state index contributed by atoms with van der Waals surface area (Å²) < 4.78 is 31.3. The summed E-state index contributed by atoms with van der Waals surface area (Å²) in [5, 5.41) is -0.263. The van der Waals surface area contributed by atoms with Crippen LogP contribution in [0, 0.1) is 0 Å². The molecule has 8 heteroatoms. The third-order valence-corrected chi connectivity index (χ3v) is 3.49. The summed E-state index contributed by atoms with van der Waals surface area (Å²) in [4.78, 5) is 12.2. The second-order valence-corrected chi connectivity index (χ2v) is 5.07. The highest BCUT2D eigenvalue weighted by atomic mass is 35.5. The zero-order valence-electron chi connectivity index (χ0n) is 9.02. The minimum Gasteiger partial charge on any atom is -0.476 e. The maximum atomic E-state index is 11.6. The van der Waals surface area contributed by atoms with Crippen LogP contribution in [0.25, 0.3) is 0 Å². The van der Waals surface area contributed by atoms with E-state index in [1.54, 1.807) is 6.92 Å². The molecule has 0 bridgehead atoms. The Morgan fingerprint density at radius 3 is 2.50 bits per heavy atom. The maximum absolute atomic E-state index is 11.6. The fourth-order valence-electron chi connectivity index (χ4n) is 1.04. The number of hydrogen-bond acceptors (Lipinski definition) is 4. The van der Waals surface area contributed by atoms with Crippen molar-refractivity contribution in [2.24, 2.45) is 4.40 Å². The highest BCUT2D eigenvalue weighted by Gasteiger charge is 2.38. The number of hydrogen-bond donors (Lipinski definition) is 0. The lowest BCUT2D eigenvalue weighted by Gasteiger charge is -2.09. The molecule has 1 aliphatic heterocycles. The molecule has 1 amide bonds. The minimum atomic E-state index is -4.03. The van der Waals surface area contributed by atoms with Gasteiger partial charge in [0, 0.05) is 14.1 Å². The largest absolute Gasteiger partial charge is 0.476 e. The predicted molar refractivity (Wildman–Crippen MR) is 59.6 cm³/mol. The Morgan fingerprint density at radius 1 is 1.50 bits per heavy atom. The van der Waals surface area contributed by atoms with Crippen molar-refractivity contribution >= 4 is 33.4 Å². The van der Waals surface area contributed by atoms with E-state index in [0.717, 1.165) is 4.90 Å². The maximum Gasteiger partial charge on any atom is 0.292 e. The van der Waals surface area contributed by atoms with Gasteiger partial charge < -0.3 is 9.64 Å². The van der Waals surface area contributed by atoms with Gasteiger partial charge >= 0.3 is 0 Å². The molecule has 0 N–H and O–H groups in total. The molecule has 1 heterocycles. The first kappa shape index (κ1) is 13.0. The normalized spacial score (nSPS) is 18.4. The Morgan fingerprint density at radius 2 is 2.06 bits per heavy atom. The first-order valence-corrected chi connectivity index (χ1v) is 6.22. The van der Waals surface area contributed by atoms with E-state index in [9.17, 15) is 13.2 Å². The predicted octanol–water partition coefficient (Wildman–Crippen LogP) is 0.303. The zero-order valence-corrected chi connectivity index (χ0v) is 10.6. The van der Waals surface area contributed by atoms with E-state index < -0.39 is 20.8 Å². The monoisotopic (exact) mass is 266 g/mol. The van der Waals surface area contributed by atoms with Crippen LogP contribution >= 0.6 is 11.6 Å². The lowest BCUT2D eigenvalue weighted by atomic mass is 10.4. The van der Waals surface area contributed by atoms with Crippen molar-refractivity contribution in [1.29, 1.82) is 0 Å². The van der Waals surface area contributed by atoms with Crippen LogP contribution in [-0.2, 0) is 19.6 Å². The summed E-state index contributed by atoms with van der Waals surface area (Å²) in [6.07, 6.45) is 0. The first-order valence-electron chi connectivity index (χ1n) is 4.40. The molecule has 90 valence electrons. The molecule has 0 spiro atoms. The molecule has 0 fully saturated rings. The van der Waals surface area contributed by atoms with E-state index >= 15 is 0 Å². The number of likely N-dealkylation sites (N-methyl/N-ethyl adjacent to an activating group) is 1. The molecular formula is C8H11ClN2O4S. The Kier molecular flexibility index (Phi) is 3.59.